The van der Waals surface area contributed by atoms with Crippen molar-refractivity contribution in [3.05, 3.63) is 21.4 Å². The number of nitrogens with zero attached hydrogens (tertiary/aromatic N) is 1. The summed E-state index contributed by atoms with van der Waals surface area (Å²) in [7, 11) is 0. The van der Waals surface area contributed by atoms with E-state index in [0.717, 1.165) is 29.7 Å². The smallest absolute Gasteiger partial charge is 0.326 e. The molecule has 3 unspecified atom stereocenters. The summed E-state index contributed by atoms with van der Waals surface area (Å²) in [5.74, 6) is -0.428. The van der Waals surface area contributed by atoms with Gasteiger partial charge >= 0.3 is 5.97 Å². The van der Waals surface area contributed by atoms with Crippen molar-refractivity contribution in [2.45, 2.75) is 39.2 Å². The van der Waals surface area contributed by atoms with Gasteiger partial charge in [0, 0.05) is 16.8 Å². The Morgan fingerprint density at radius 1 is 1.35 bits per heavy atom. The van der Waals surface area contributed by atoms with Crippen LogP contribution < -0.4 is 0 Å². The maximum absolute atomic E-state index is 12.7. The second-order valence-corrected chi connectivity index (χ2v) is 7.01. The molecule has 1 saturated heterocycles. The molecule has 2 fully saturated rings. The molecule has 20 heavy (non-hydrogen) atoms. The average Bonchev–Trinajstić information content (AvgIpc) is 3.04. The van der Waals surface area contributed by atoms with Gasteiger partial charge in [-0.05, 0) is 44.1 Å². The lowest BCUT2D eigenvalue weighted by Gasteiger charge is -2.24. The number of carboxylic acids is 1. The number of amides is 1. The van der Waals surface area contributed by atoms with Gasteiger partial charge in [0.15, 0.2) is 0 Å². The molecule has 3 atom stereocenters. The van der Waals surface area contributed by atoms with Crippen LogP contribution in [-0.2, 0) is 4.79 Å². The predicted octanol–water partition coefficient (Wildman–Crippen LogP) is 2.69. The van der Waals surface area contributed by atoms with Gasteiger partial charge in [0.2, 0.25) is 0 Å². The molecule has 1 aromatic heterocycles. The maximum atomic E-state index is 12.7. The Labute approximate surface area is 122 Å². The van der Waals surface area contributed by atoms with Crippen LogP contribution in [0.1, 0.15) is 40.1 Å². The van der Waals surface area contributed by atoms with Crippen molar-refractivity contribution >= 4 is 23.2 Å². The van der Waals surface area contributed by atoms with Crippen molar-refractivity contribution in [2.75, 3.05) is 6.54 Å². The fourth-order valence-corrected chi connectivity index (χ4v) is 4.57. The van der Waals surface area contributed by atoms with Crippen LogP contribution in [0.15, 0.2) is 5.38 Å². The van der Waals surface area contributed by atoms with E-state index in [1.807, 2.05) is 19.2 Å². The van der Waals surface area contributed by atoms with Crippen molar-refractivity contribution in [3.8, 4) is 0 Å². The number of rotatable bonds is 2. The fourth-order valence-electron chi connectivity index (χ4n) is 3.71. The van der Waals surface area contributed by atoms with E-state index in [9.17, 15) is 14.7 Å². The first kappa shape index (κ1) is 13.6. The number of carboxylic acid groups (broad SMARTS) is 1. The normalized spacial score (nSPS) is 28.7. The first-order valence-electron chi connectivity index (χ1n) is 7.09. The Hall–Kier alpha value is -1.36. The Balaban J connectivity index is 1.91. The van der Waals surface area contributed by atoms with Crippen LogP contribution in [-0.4, -0.2) is 34.5 Å². The Bertz CT molecular complexity index is 565. The van der Waals surface area contributed by atoms with Gasteiger partial charge < -0.3 is 10.0 Å². The third kappa shape index (κ3) is 1.95. The lowest BCUT2D eigenvalue weighted by atomic mass is 9.94. The Morgan fingerprint density at radius 3 is 2.70 bits per heavy atom. The highest BCUT2D eigenvalue weighted by Gasteiger charge is 2.49. The molecule has 1 saturated carbocycles. The molecule has 1 N–H and O–H groups in total. The topological polar surface area (TPSA) is 57.6 Å². The number of fused-ring (bicyclic) bond motifs is 1. The maximum Gasteiger partial charge on any atom is 0.326 e. The van der Waals surface area contributed by atoms with Gasteiger partial charge in [0.05, 0.1) is 5.56 Å². The summed E-state index contributed by atoms with van der Waals surface area (Å²) < 4.78 is 0. The summed E-state index contributed by atoms with van der Waals surface area (Å²) >= 11 is 1.55. The number of thiophene rings is 1. The van der Waals surface area contributed by atoms with Gasteiger partial charge in [-0.25, -0.2) is 4.79 Å². The van der Waals surface area contributed by atoms with Crippen molar-refractivity contribution < 1.29 is 14.7 Å². The van der Waals surface area contributed by atoms with Crippen LogP contribution in [0.4, 0.5) is 0 Å². The zero-order valence-electron chi connectivity index (χ0n) is 11.8. The molecule has 5 heteroatoms. The quantitative estimate of drug-likeness (QED) is 0.912. The minimum atomic E-state index is -0.850. The van der Waals surface area contributed by atoms with Crippen LogP contribution in [0.5, 0.6) is 0 Å². The lowest BCUT2D eigenvalue weighted by Crippen LogP contribution is -2.43. The molecule has 0 bridgehead atoms. The van der Waals surface area contributed by atoms with E-state index in [4.69, 9.17) is 0 Å². The number of likely N-dealkylation sites (tertiary alicyclic amines) is 1. The molecule has 0 spiro atoms. The summed E-state index contributed by atoms with van der Waals surface area (Å²) in [6.07, 6.45) is 3.09. The van der Waals surface area contributed by atoms with Gasteiger partial charge in [0.25, 0.3) is 5.91 Å². The summed E-state index contributed by atoms with van der Waals surface area (Å²) in [4.78, 5) is 27.0. The van der Waals surface area contributed by atoms with Crippen molar-refractivity contribution in [1.29, 1.82) is 0 Å². The third-order valence-electron chi connectivity index (χ3n) is 4.92. The van der Waals surface area contributed by atoms with Gasteiger partial charge in [-0.3, -0.25) is 4.79 Å². The second-order valence-electron chi connectivity index (χ2n) is 5.93. The van der Waals surface area contributed by atoms with E-state index in [1.165, 1.54) is 0 Å². The van der Waals surface area contributed by atoms with Crippen LogP contribution >= 0.6 is 11.3 Å². The molecule has 0 aromatic carbocycles. The number of hydrogen-bond acceptors (Lipinski definition) is 3. The minimum absolute atomic E-state index is 0.103. The third-order valence-corrected chi connectivity index (χ3v) is 5.93. The molecule has 3 rings (SSSR count). The fraction of sp³-hybridized carbons (Fsp3) is 0.600. The number of aliphatic carboxylic acids is 1. The second kappa shape index (κ2) is 4.88. The van der Waals surface area contributed by atoms with Gasteiger partial charge in [-0.1, -0.05) is 6.42 Å². The van der Waals surface area contributed by atoms with Gasteiger partial charge in [-0.2, -0.15) is 0 Å². The van der Waals surface area contributed by atoms with E-state index in [1.54, 1.807) is 16.2 Å². The first-order chi connectivity index (χ1) is 9.50. The van der Waals surface area contributed by atoms with E-state index in [2.05, 4.69) is 0 Å². The highest BCUT2D eigenvalue weighted by Crippen LogP contribution is 2.43. The van der Waals surface area contributed by atoms with Crippen LogP contribution in [0.3, 0.4) is 0 Å². The molecule has 1 amide bonds. The SMILES string of the molecule is Cc1scc(C(=O)N2CC3CCCC3C2C(=O)O)c1C. The van der Waals surface area contributed by atoms with Crippen LogP contribution in [0.25, 0.3) is 0 Å². The molecular weight excluding hydrogens is 274 g/mol. The molecule has 1 aliphatic heterocycles. The Kier molecular flexibility index (Phi) is 3.32. The van der Waals surface area contributed by atoms with Crippen molar-refractivity contribution in [3.63, 3.8) is 0 Å². The highest BCUT2D eigenvalue weighted by molar-refractivity contribution is 7.10. The summed E-state index contributed by atoms with van der Waals surface area (Å²) in [5, 5.41) is 11.4. The summed E-state index contributed by atoms with van der Waals surface area (Å²) in [6.45, 7) is 4.53. The van der Waals surface area contributed by atoms with E-state index < -0.39 is 12.0 Å². The number of carbonyl (C=O) groups excluding carboxylic acids is 1. The van der Waals surface area contributed by atoms with E-state index >= 15 is 0 Å². The molecule has 4 nitrogen and oxygen atoms in total. The highest BCUT2D eigenvalue weighted by atomic mass is 32.1. The zero-order chi connectivity index (χ0) is 14.4. The molecule has 108 valence electrons. The van der Waals surface area contributed by atoms with Crippen LogP contribution in [0.2, 0.25) is 0 Å². The lowest BCUT2D eigenvalue weighted by molar-refractivity contribution is -0.142. The van der Waals surface area contributed by atoms with Crippen molar-refractivity contribution in [1.82, 2.24) is 4.90 Å². The number of hydrogen-bond donors (Lipinski definition) is 1. The molecular formula is C15H19NO3S. The number of aryl methyl sites for hydroxylation is 1. The van der Waals surface area contributed by atoms with Gasteiger partial charge in [0.1, 0.15) is 6.04 Å². The molecule has 1 aromatic rings. The van der Waals surface area contributed by atoms with E-state index in [-0.39, 0.29) is 11.8 Å². The molecule has 1 aliphatic carbocycles. The zero-order valence-corrected chi connectivity index (χ0v) is 12.6. The van der Waals surface area contributed by atoms with Crippen molar-refractivity contribution in [2.24, 2.45) is 11.8 Å². The van der Waals surface area contributed by atoms with Crippen LogP contribution in [0, 0.1) is 25.7 Å². The predicted molar refractivity (Wildman–Crippen MR) is 77.1 cm³/mol. The average molecular weight is 293 g/mol. The van der Waals surface area contributed by atoms with Gasteiger partial charge in [-0.15, -0.1) is 11.3 Å². The minimum Gasteiger partial charge on any atom is -0.480 e. The molecule has 0 radical (unpaired) electrons. The van der Waals surface area contributed by atoms with E-state index in [0.29, 0.717) is 18.0 Å². The monoisotopic (exact) mass is 293 g/mol. The first-order valence-corrected chi connectivity index (χ1v) is 7.97. The molecule has 2 aliphatic rings. The standard InChI is InChI=1S/C15H19NO3S/c1-8-9(2)20-7-12(8)14(17)16-6-10-4-3-5-11(10)13(16)15(18)19/h7,10-11,13H,3-6H2,1-2H3,(H,18,19). The Morgan fingerprint density at radius 2 is 2.10 bits per heavy atom. The largest absolute Gasteiger partial charge is 0.480 e. The summed E-state index contributed by atoms with van der Waals surface area (Å²) in [5.41, 5.74) is 1.67. The summed E-state index contributed by atoms with van der Waals surface area (Å²) in [6, 6.07) is -0.630. The molecule has 2 heterocycles. The number of carbonyl (C=O) groups is 2.